The Morgan fingerprint density at radius 2 is 1.93 bits per heavy atom. The maximum atomic E-state index is 12.7. The van der Waals surface area contributed by atoms with Gasteiger partial charge in [-0.1, -0.05) is 12.1 Å². The molecule has 0 aliphatic carbocycles. The number of halogens is 1. The monoisotopic (exact) mass is 206 g/mol. The highest BCUT2D eigenvalue weighted by atomic mass is 19.1. The highest BCUT2D eigenvalue weighted by Gasteiger charge is 2.39. The van der Waals surface area contributed by atoms with Gasteiger partial charge in [0.1, 0.15) is 11.7 Å². The summed E-state index contributed by atoms with van der Waals surface area (Å²) in [6.07, 6.45) is 0. The van der Waals surface area contributed by atoms with Crippen LogP contribution < -0.4 is 5.32 Å². The van der Waals surface area contributed by atoms with E-state index in [-0.39, 0.29) is 11.7 Å². The number of rotatable bonds is 1. The molecule has 0 spiro atoms. The lowest BCUT2D eigenvalue weighted by Crippen LogP contribution is -2.34. The number of nitrogens with zero attached hydrogens (tertiary/aromatic N) is 1. The molecule has 1 atom stereocenters. The van der Waals surface area contributed by atoms with Crippen molar-refractivity contribution in [1.29, 1.82) is 0 Å². The minimum absolute atomic E-state index is 0.174. The van der Waals surface area contributed by atoms with Crippen molar-refractivity contribution in [2.45, 2.75) is 19.4 Å². The number of carbonyl (C=O) groups excluding carboxylic acids is 1. The highest BCUT2D eigenvalue weighted by Crippen LogP contribution is 2.28. The van der Waals surface area contributed by atoms with Crippen LogP contribution in [-0.4, -0.2) is 11.7 Å². The summed E-state index contributed by atoms with van der Waals surface area (Å²) in [5, 5.41) is 2.64. The molecule has 1 aromatic carbocycles. The fraction of sp³-hybridized carbons (Fsp3) is 0.273. The van der Waals surface area contributed by atoms with E-state index in [0.29, 0.717) is 11.4 Å². The van der Waals surface area contributed by atoms with Gasteiger partial charge >= 0.3 is 0 Å². The zero-order valence-corrected chi connectivity index (χ0v) is 8.54. The third kappa shape index (κ3) is 1.52. The first-order valence-electron chi connectivity index (χ1n) is 4.66. The minimum Gasteiger partial charge on any atom is -0.312 e. The van der Waals surface area contributed by atoms with E-state index in [1.54, 1.807) is 26.0 Å². The number of benzene rings is 1. The average molecular weight is 206 g/mol. The lowest BCUT2D eigenvalue weighted by Gasteiger charge is -2.17. The van der Waals surface area contributed by atoms with E-state index in [9.17, 15) is 9.18 Å². The zero-order chi connectivity index (χ0) is 11.1. The molecule has 1 aromatic rings. The summed E-state index contributed by atoms with van der Waals surface area (Å²) in [4.78, 5) is 15.9. The van der Waals surface area contributed by atoms with Crippen LogP contribution >= 0.6 is 0 Å². The number of amides is 1. The Bertz CT molecular complexity index is 438. The first-order valence-corrected chi connectivity index (χ1v) is 4.66. The van der Waals surface area contributed by atoms with Crippen LogP contribution in [0.3, 0.4) is 0 Å². The smallest absolute Gasteiger partial charge is 0.257 e. The molecule has 0 fully saturated rings. The van der Waals surface area contributed by atoms with Crippen LogP contribution in [0.2, 0.25) is 0 Å². The first-order chi connectivity index (χ1) is 7.02. The van der Waals surface area contributed by atoms with Crippen LogP contribution in [0.25, 0.3) is 0 Å². The molecule has 1 heterocycles. The quantitative estimate of drug-likeness (QED) is 0.744. The molecule has 1 N–H and O–H groups in total. The van der Waals surface area contributed by atoms with Crippen molar-refractivity contribution in [2.75, 3.05) is 0 Å². The Hall–Kier alpha value is -1.71. The Morgan fingerprint density at radius 3 is 2.40 bits per heavy atom. The van der Waals surface area contributed by atoms with Crippen molar-refractivity contribution < 1.29 is 9.18 Å². The molecule has 0 bridgehead atoms. The van der Waals surface area contributed by atoms with Gasteiger partial charge in [-0.05, 0) is 31.5 Å². The van der Waals surface area contributed by atoms with Crippen molar-refractivity contribution in [3.8, 4) is 0 Å². The summed E-state index contributed by atoms with van der Waals surface area (Å²) in [6.45, 7) is 3.44. The predicted molar refractivity (Wildman–Crippen MR) is 55.0 cm³/mol. The van der Waals surface area contributed by atoms with Crippen LogP contribution in [0.5, 0.6) is 0 Å². The van der Waals surface area contributed by atoms with Gasteiger partial charge in [-0.25, -0.2) is 4.39 Å². The molecule has 1 aliphatic heterocycles. The van der Waals surface area contributed by atoms with E-state index < -0.39 is 5.54 Å². The molecule has 1 aliphatic rings. The maximum Gasteiger partial charge on any atom is 0.257 e. The van der Waals surface area contributed by atoms with E-state index in [0.717, 1.165) is 0 Å². The van der Waals surface area contributed by atoms with Gasteiger partial charge in [0.15, 0.2) is 5.54 Å². The second-order valence-electron chi connectivity index (χ2n) is 3.73. The number of carbonyl (C=O) groups is 1. The number of nitrogens with one attached hydrogen (secondary N) is 1. The Kier molecular flexibility index (Phi) is 2.07. The predicted octanol–water partition coefficient (Wildman–Crippen LogP) is 1.59. The molecule has 0 saturated heterocycles. The summed E-state index contributed by atoms with van der Waals surface area (Å²) in [5.74, 6) is 0.0971. The maximum absolute atomic E-state index is 12.7. The average Bonchev–Trinajstić information content (AvgIpc) is 2.42. The summed E-state index contributed by atoms with van der Waals surface area (Å²) in [5.41, 5.74) is -0.226. The van der Waals surface area contributed by atoms with Gasteiger partial charge in [0, 0.05) is 0 Å². The van der Waals surface area contributed by atoms with E-state index in [1.807, 2.05) is 0 Å². The largest absolute Gasteiger partial charge is 0.312 e. The Labute approximate surface area is 87.0 Å². The zero-order valence-electron chi connectivity index (χ0n) is 8.54. The van der Waals surface area contributed by atoms with E-state index in [2.05, 4.69) is 10.3 Å². The molecule has 1 amide bonds. The number of hydrogen-bond donors (Lipinski definition) is 1. The molecule has 2 rings (SSSR count). The van der Waals surface area contributed by atoms with Crippen molar-refractivity contribution in [3.05, 3.63) is 35.6 Å². The highest BCUT2D eigenvalue weighted by molar-refractivity contribution is 6.07. The summed E-state index contributed by atoms with van der Waals surface area (Å²) < 4.78 is 12.7. The fourth-order valence-electron chi connectivity index (χ4n) is 1.67. The number of aliphatic imine (C=N–C) groups is 1. The third-order valence-corrected chi connectivity index (χ3v) is 2.53. The molecule has 0 saturated carbocycles. The van der Waals surface area contributed by atoms with Crippen LogP contribution in [0, 0.1) is 5.82 Å². The molecule has 4 heteroatoms. The lowest BCUT2D eigenvalue weighted by atomic mass is 9.93. The van der Waals surface area contributed by atoms with Crippen LogP contribution in [0.15, 0.2) is 29.3 Å². The molecular formula is C11H11FN2O. The standard InChI is InChI=1S/C11H11FN2O/c1-7-13-10(15)11(2,14-7)8-3-5-9(12)6-4-8/h3-6H,1-2H3,(H,13,14,15). The van der Waals surface area contributed by atoms with Gasteiger partial charge in [0.25, 0.3) is 5.91 Å². The van der Waals surface area contributed by atoms with E-state index in [4.69, 9.17) is 0 Å². The van der Waals surface area contributed by atoms with Crippen LogP contribution in [0.1, 0.15) is 19.4 Å². The Balaban J connectivity index is 2.46. The normalized spacial score (nSPS) is 25.0. The van der Waals surface area contributed by atoms with Gasteiger partial charge in [-0.15, -0.1) is 0 Å². The van der Waals surface area contributed by atoms with Gasteiger partial charge < -0.3 is 5.32 Å². The second-order valence-corrected chi connectivity index (χ2v) is 3.73. The summed E-state index contributed by atoms with van der Waals surface area (Å²) in [7, 11) is 0. The van der Waals surface area contributed by atoms with Crippen molar-refractivity contribution in [3.63, 3.8) is 0 Å². The van der Waals surface area contributed by atoms with Crippen molar-refractivity contribution in [1.82, 2.24) is 5.32 Å². The third-order valence-electron chi connectivity index (χ3n) is 2.53. The number of hydrogen-bond acceptors (Lipinski definition) is 2. The SMILES string of the molecule is CC1=NC(C)(c2ccc(F)cc2)C(=O)N1. The summed E-state index contributed by atoms with van der Waals surface area (Å²) >= 11 is 0. The van der Waals surface area contributed by atoms with Gasteiger partial charge in [0.2, 0.25) is 0 Å². The molecule has 15 heavy (non-hydrogen) atoms. The number of amidine groups is 1. The molecule has 78 valence electrons. The molecule has 3 nitrogen and oxygen atoms in total. The van der Waals surface area contributed by atoms with Crippen LogP contribution in [0.4, 0.5) is 4.39 Å². The summed E-state index contributed by atoms with van der Waals surface area (Å²) in [6, 6.07) is 5.82. The molecule has 1 unspecified atom stereocenters. The molecule has 0 aromatic heterocycles. The molecular weight excluding hydrogens is 195 g/mol. The fourth-order valence-corrected chi connectivity index (χ4v) is 1.67. The lowest BCUT2D eigenvalue weighted by molar-refractivity contribution is -0.123. The van der Waals surface area contributed by atoms with E-state index >= 15 is 0 Å². The van der Waals surface area contributed by atoms with Gasteiger partial charge in [-0.3, -0.25) is 9.79 Å². The van der Waals surface area contributed by atoms with Gasteiger partial charge in [0.05, 0.1) is 0 Å². The minimum atomic E-state index is -0.919. The Morgan fingerprint density at radius 1 is 1.33 bits per heavy atom. The van der Waals surface area contributed by atoms with Gasteiger partial charge in [-0.2, -0.15) is 0 Å². The topological polar surface area (TPSA) is 41.5 Å². The van der Waals surface area contributed by atoms with Crippen molar-refractivity contribution in [2.24, 2.45) is 4.99 Å². The first kappa shape index (κ1) is 9.83. The van der Waals surface area contributed by atoms with Crippen LogP contribution in [-0.2, 0) is 10.3 Å². The van der Waals surface area contributed by atoms with E-state index in [1.165, 1.54) is 12.1 Å². The molecule has 0 radical (unpaired) electrons. The second kappa shape index (κ2) is 3.15. The van der Waals surface area contributed by atoms with Crippen molar-refractivity contribution >= 4 is 11.7 Å².